The summed E-state index contributed by atoms with van der Waals surface area (Å²) in [6.07, 6.45) is 1.75. The number of para-hydroxylation sites is 1. The van der Waals surface area contributed by atoms with Crippen LogP contribution in [-0.2, 0) is 6.54 Å². The maximum Gasteiger partial charge on any atom is 0.282 e. The van der Waals surface area contributed by atoms with Crippen LogP contribution in [0.3, 0.4) is 0 Å². The predicted molar refractivity (Wildman–Crippen MR) is 118 cm³/mol. The van der Waals surface area contributed by atoms with E-state index in [-0.39, 0.29) is 11.6 Å². The average molecular weight is 445 g/mol. The van der Waals surface area contributed by atoms with E-state index in [4.69, 9.17) is 21.6 Å². The molecule has 0 atom stereocenters. The van der Waals surface area contributed by atoms with Gasteiger partial charge in [-0.15, -0.1) is 0 Å². The van der Waals surface area contributed by atoms with Gasteiger partial charge in [0.05, 0.1) is 25.3 Å². The van der Waals surface area contributed by atoms with Gasteiger partial charge in [0, 0.05) is 17.5 Å². The van der Waals surface area contributed by atoms with Gasteiger partial charge in [-0.05, 0) is 30.3 Å². The minimum Gasteiger partial charge on any atom is -0.496 e. The first-order valence-corrected chi connectivity index (χ1v) is 10.9. The monoisotopic (exact) mass is 444 g/mol. The van der Waals surface area contributed by atoms with E-state index in [1.807, 2.05) is 41.3 Å². The molecule has 9 heteroatoms. The summed E-state index contributed by atoms with van der Waals surface area (Å²) >= 11 is 8.71. The summed E-state index contributed by atoms with van der Waals surface area (Å²) in [6.45, 7) is 0.448. The first-order chi connectivity index (χ1) is 14.1. The Labute approximate surface area is 182 Å². The molecule has 3 aromatic rings. The van der Waals surface area contributed by atoms with E-state index in [2.05, 4.69) is 15.8 Å². The third kappa shape index (κ3) is 4.82. The SMILES string of the molecule is COc1ccccc1CN(c1ccc(C#N)cc1)c1nc(C(=O)NSC)c(Cl)s1. The van der Waals surface area contributed by atoms with Gasteiger partial charge in [0.15, 0.2) is 10.8 Å². The van der Waals surface area contributed by atoms with Crippen molar-refractivity contribution in [3.63, 3.8) is 0 Å². The maximum absolute atomic E-state index is 12.2. The number of thiazole rings is 1. The first-order valence-electron chi connectivity index (χ1n) is 8.46. The van der Waals surface area contributed by atoms with Crippen molar-refractivity contribution in [2.24, 2.45) is 0 Å². The molecule has 6 nitrogen and oxygen atoms in total. The number of ether oxygens (including phenoxy) is 1. The quantitative estimate of drug-likeness (QED) is 0.515. The Morgan fingerprint density at radius 1 is 1.31 bits per heavy atom. The zero-order valence-electron chi connectivity index (χ0n) is 15.7. The number of aromatic nitrogens is 1. The zero-order chi connectivity index (χ0) is 20.8. The number of carbonyl (C=O) groups excluding carboxylic acids is 1. The summed E-state index contributed by atoms with van der Waals surface area (Å²) in [6, 6.07) is 17.0. The van der Waals surface area contributed by atoms with Gasteiger partial charge in [0.2, 0.25) is 0 Å². The van der Waals surface area contributed by atoms with Crippen LogP contribution in [0.25, 0.3) is 0 Å². The lowest BCUT2D eigenvalue weighted by atomic mass is 10.1. The normalized spacial score (nSPS) is 10.3. The molecule has 0 aliphatic carbocycles. The summed E-state index contributed by atoms with van der Waals surface area (Å²) in [5, 5.41) is 9.65. The van der Waals surface area contributed by atoms with Gasteiger partial charge >= 0.3 is 0 Å². The minimum absolute atomic E-state index is 0.180. The molecule has 0 saturated carbocycles. The van der Waals surface area contributed by atoms with Crippen molar-refractivity contribution in [3.05, 3.63) is 69.7 Å². The largest absolute Gasteiger partial charge is 0.496 e. The average Bonchev–Trinajstić information content (AvgIpc) is 3.14. The molecule has 0 aliphatic heterocycles. The number of rotatable bonds is 7. The molecule has 2 aromatic carbocycles. The van der Waals surface area contributed by atoms with Gasteiger partial charge < -0.3 is 9.64 Å². The van der Waals surface area contributed by atoms with Crippen LogP contribution < -0.4 is 14.4 Å². The fraction of sp³-hybridized carbons (Fsp3) is 0.150. The number of methoxy groups -OCH3 is 1. The van der Waals surface area contributed by atoms with E-state index in [0.717, 1.165) is 17.0 Å². The molecule has 148 valence electrons. The number of nitriles is 1. The number of anilines is 2. The highest BCUT2D eigenvalue weighted by Crippen LogP contribution is 2.37. The van der Waals surface area contributed by atoms with E-state index in [0.29, 0.717) is 21.6 Å². The summed E-state index contributed by atoms with van der Waals surface area (Å²) in [5.74, 6) is 0.399. The van der Waals surface area contributed by atoms with E-state index < -0.39 is 0 Å². The Morgan fingerprint density at radius 3 is 2.69 bits per heavy atom. The van der Waals surface area contributed by atoms with Crippen molar-refractivity contribution in [3.8, 4) is 11.8 Å². The third-order valence-electron chi connectivity index (χ3n) is 4.04. The van der Waals surface area contributed by atoms with Crippen molar-refractivity contribution in [2.75, 3.05) is 18.3 Å². The second-order valence-electron chi connectivity index (χ2n) is 5.81. The number of hydrogen-bond donors (Lipinski definition) is 1. The molecule has 1 aromatic heterocycles. The van der Waals surface area contributed by atoms with Crippen LogP contribution in [0.2, 0.25) is 4.34 Å². The smallest absolute Gasteiger partial charge is 0.282 e. The fourth-order valence-electron chi connectivity index (χ4n) is 2.68. The second kappa shape index (κ2) is 9.65. The predicted octanol–water partition coefficient (Wildman–Crippen LogP) is 5.02. The molecular weight excluding hydrogens is 428 g/mol. The summed E-state index contributed by atoms with van der Waals surface area (Å²) in [7, 11) is 1.62. The van der Waals surface area contributed by atoms with Crippen molar-refractivity contribution in [1.82, 2.24) is 9.71 Å². The zero-order valence-corrected chi connectivity index (χ0v) is 18.1. The highest BCUT2D eigenvalue weighted by molar-refractivity contribution is 7.97. The van der Waals surface area contributed by atoms with Gasteiger partial charge in [-0.25, -0.2) is 4.98 Å². The Morgan fingerprint density at radius 2 is 2.03 bits per heavy atom. The Kier molecular flexibility index (Phi) is 6.99. The molecule has 0 saturated heterocycles. The number of halogens is 1. The van der Waals surface area contributed by atoms with Crippen molar-refractivity contribution in [1.29, 1.82) is 5.26 Å². The van der Waals surface area contributed by atoms with Crippen LogP contribution >= 0.6 is 34.9 Å². The second-order valence-corrected chi connectivity index (χ2v) is 8.00. The van der Waals surface area contributed by atoms with Gasteiger partial charge in [0.25, 0.3) is 5.91 Å². The van der Waals surface area contributed by atoms with Crippen molar-refractivity contribution >= 4 is 51.6 Å². The summed E-state index contributed by atoms with van der Waals surface area (Å²) in [4.78, 5) is 18.6. The van der Waals surface area contributed by atoms with E-state index in [9.17, 15) is 4.79 Å². The van der Waals surface area contributed by atoms with Gasteiger partial charge in [0.1, 0.15) is 10.1 Å². The minimum atomic E-state index is -0.345. The molecule has 0 unspecified atom stereocenters. The molecule has 1 amide bonds. The number of benzene rings is 2. The highest BCUT2D eigenvalue weighted by atomic mass is 35.5. The Bertz CT molecular complexity index is 1050. The van der Waals surface area contributed by atoms with E-state index >= 15 is 0 Å². The number of amides is 1. The standard InChI is InChI=1S/C20H17ClN4O2S2/c1-27-16-6-4-3-5-14(16)12-25(15-9-7-13(11-22)8-10-15)20-23-17(18(21)29-20)19(26)24-28-2/h3-10H,12H2,1-2H3,(H,24,26). The van der Waals surface area contributed by atoms with E-state index in [1.165, 1.54) is 23.3 Å². The molecule has 0 bridgehead atoms. The van der Waals surface area contributed by atoms with Crippen LogP contribution in [0, 0.1) is 11.3 Å². The van der Waals surface area contributed by atoms with Gasteiger partial charge in [-0.3, -0.25) is 9.52 Å². The lowest BCUT2D eigenvalue weighted by molar-refractivity contribution is 0.0980. The topological polar surface area (TPSA) is 78.2 Å². The van der Waals surface area contributed by atoms with Crippen molar-refractivity contribution < 1.29 is 9.53 Å². The molecule has 0 spiro atoms. The van der Waals surface area contributed by atoms with Crippen LogP contribution in [0.1, 0.15) is 21.6 Å². The number of nitrogens with one attached hydrogen (secondary N) is 1. The van der Waals surface area contributed by atoms with Gasteiger partial charge in [-0.2, -0.15) is 5.26 Å². The Balaban J connectivity index is 2.04. The maximum atomic E-state index is 12.2. The number of nitrogens with zero attached hydrogens (tertiary/aromatic N) is 3. The first kappa shape index (κ1) is 21.0. The molecule has 3 rings (SSSR count). The highest BCUT2D eigenvalue weighted by Gasteiger charge is 2.22. The molecule has 29 heavy (non-hydrogen) atoms. The fourth-order valence-corrected chi connectivity index (χ4v) is 4.11. The third-order valence-corrected chi connectivity index (χ3v) is 5.71. The van der Waals surface area contributed by atoms with Crippen LogP contribution in [0.5, 0.6) is 5.75 Å². The van der Waals surface area contributed by atoms with Gasteiger partial charge in [-0.1, -0.05) is 53.1 Å². The van der Waals surface area contributed by atoms with Crippen molar-refractivity contribution in [2.45, 2.75) is 6.54 Å². The van der Waals surface area contributed by atoms with Crippen LogP contribution in [-0.4, -0.2) is 24.3 Å². The number of hydrogen-bond acceptors (Lipinski definition) is 7. The van der Waals surface area contributed by atoms with E-state index in [1.54, 1.807) is 25.5 Å². The molecule has 0 radical (unpaired) electrons. The lowest BCUT2D eigenvalue weighted by Crippen LogP contribution is -2.19. The number of carbonyl (C=O) groups is 1. The molecule has 0 fully saturated rings. The molecule has 1 N–H and O–H groups in total. The molecular formula is C20H17ClN4O2S2. The summed E-state index contributed by atoms with van der Waals surface area (Å²) < 4.78 is 8.42. The van der Waals surface area contributed by atoms with Crippen LogP contribution in [0.4, 0.5) is 10.8 Å². The lowest BCUT2D eigenvalue weighted by Gasteiger charge is -2.23. The molecule has 0 aliphatic rings. The Hall–Kier alpha value is -2.73. The van der Waals surface area contributed by atoms with Crippen LogP contribution in [0.15, 0.2) is 48.5 Å². The summed E-state index contributed by atoms with van der Waals surface area (Å²) in [5.41, 5.74) is 2.50. The molecule has 1 heterocycles.